The van der Waals surface area contributed by atoms with E-state index in [4.69, 9.17) is 11.6 Å². The zero-order valence-electron chi connectivity index (χ0n) is 18.7. The molecule has 0 unspecified atom stereocenters. The smallest absolute Gasteiger partial charge is 0.258 e. The average Bonchev–Trinajstić information content (AvgIpc) is 2.87. The standard InChI is InChI=1S/C27H24ClFN4O/c1-32(16-14-20-3-2-15-30-17-20)26-13-4-21(18-31-26)19-33(25-11-9-24(29)10-12-25)27(34)22-5-7-23(28)8-6-22/h2-13,15,17-18H,14,16,19H2,1H3. The molecule has 1 amide bonds. The van der Waals surface area contributed by atoms with E-state index in [9.17, 15) is 9.18 Å². The molecule has 0 saturated carbocycles. The minimum Gasteiger partial charge on any atom is -0.359 e. The fourth-order valence-electron chi connectivity index (χ4n) is 3.53. The van der Waals surface area contributed by atoms with Crippen molar-refractivity contribution in [1.29, 1.82) is 0 Å². The summed E-state index contributed by atoms with van der Waals surface area (Å²) < 4.78 is 13.5. The summed E-state index contributed by atoms with van der Waals surface area (Å²) in [6, 6.07) is 20.5. The van der Waals surface area contributed by atoms with Crippen molar-refractivity contribution in [3.05, 3.63) is 119 Å². The second-order valence-corrected chi connectivity index (χ2v) is 8.37. The molecule has 0 atom stereocenters. The Morgan fingerprint density at radius 1 is 0.941 bits per heavy atom. The molecule has 5 nitrogen and oxygen atoms in total. The molecular formula is C27H24ClFN4O. The number of halogens is 2. The Bertz CT molecular complexity index is 1220. The van der Waals surface area contributed by atoms with Crippen LogP contribution in [-0.2, 0) is 13.0 Å². The first-order valence-electron chi connectivity index (χ1n) is 10.9. The van der Waals surface area contributed by atoms with Crippen LogP contribution in [0.3, 0.4) is 0 Å². The third-order valence-electron chi connectivity index (χ3n) is 5.47. The number of hydrogen-bond acceptors (Lipinski definition) is 4. The highest BCUT2D eigenvalue weighted by molar-refractivity contribution is 6.30. The number of amides is 1. The maximum Gasteiger partial charge on any atom is 0.258 e. The van der Waals surface area contributed by atoms with Gasteiger partial charge in [-0.25, -0.2) is 9.37 Å². The maximum absolute atomic E-state index is 13.5. The van der Waals surface area contributed by atoms with E-state index in [0.717, 1.165) is 24.3 Å². The largest absolute Gasteiger partial charge is 0.359 e. The van der Waals surface area contributed by atoms with Gasteiger partial charge >= 0.3 is 0 Å². The van der Waals surface area contributed by atoms with Gasteiger partial charge in [-0.15, -0.1) is 0 Å². The number of rotatable bonds is 8. The van der Waals surface area contributed by atoms with Crippen molar-refractivity contribution < 1.29 is 9.18 Å². The fraction of sp³-hybridized carbons (Fsp3) is 0.148. The van der Waals surface area contributed by atoms with Gasteiger partial charge in [-0.1, -0.05) is 23.7 Å². The Labute approximate surface area is 203 Å². The number of hydrogen-bond donors (Lipinski definition) is 0. The molecule has 172 valence electrons. The summed E-state index contributed by atoms with van der Waals surface area (Å²) in [6.07, 6.45) is 6.26. The van der Waals surface area contributed by atoms with Crippen LogP contribution in [0, 0.1) is 5.82 Å². The Morgan fingerprint density at radius 2 is 1.71 bits per heavy atom. The molecule has 2 aromatic heterocycles. The zero-order valence-corrected chi connectivity index (χ0v) is 19.5. The highest BCUT2D eigenvalue weighted by atomic mass is 35.5. The minimum atomic E-state index is -0.358. The molecule has 0 radical (unpaired) electrons. The number of likely N-dealkylation sites (N-methyl/N-ethyl adjacent to an activating group) is 1. The van der Waals surface area contributed by atoms with Gasteiger partial charge in [-0.2, -0.15) is 0 Å². The molecule has 0 saturated heterocycles. The number of nitrogens with zero attached hydrogens (tertiary/aromatic N) is 4. The average molecular weight is 475 g/mol. The van der Waals surface area contributed by atoms with Gasteiger partial charge in [0, 0.05) is 48.5 Å². The van der Waals surface area contributed by atoms with Crippen molar-refractivity contribution in [2.45, 2.75) is 13.0 Å². The highest BCUT2D eigenvalue weighted by Gasteiger charge is 2.19. The summed E-state index contributed by atoms with van der Waals surface area (Å²) in [6.45, 7) is 1.09. The molecule has 0 aliphatic rings. The Hall–Kier alpha value is -3.77. The van der Waals surface area contributed by atoms with Gasteiger partial charge < -0.3 is 9.80 Å². The molecule has 0 N–H and O–H groups in total. The lowest BCUT2D eigenvalue weighted by Crippen LogP contribution is -2.30. The molecule has 0 spiro atoms. The van der Waals surface area contributed by atoms with Crippen LogP contribution in [0.4, 0.5) is 15.9 Å². The summed E-state index contributed by atoms with van der Waals surface area (Å²) >= 11 is 5.98. The summed E-state index contributed by atoms with van der Waals surface area (Å²) in [5.41, 5.74) is 3.12. The normalized spacial score (nSPS) is 10.7. The van der Waals surface area contributed by atoms with Crippen molar-refractivity contribution in [2.24, 2.45) is 0 Å². The molecule has 4 rings (SSSR count). The van der Waals surface area contributed by atoms with Crippen molar-refractivity contribution in [2.75, 3.05) is 23.4 Å². The van der Waals surface area contributed by atoms with E-state index in [0.29, 0.717) is 22.8 Å². The van der Waals surface area contributed by atoms with E-state index in [1.807, 2.05) is 31.4 Å². The molecule has 4 aromatic rings. The lowest BCUT2D eigenvalue weighted by molar-refractivity contribution is 0.0985. The second kappa shape index (κ2) is 10.9. The van der Waals surface area contributed by atoms with Gasteiger partial charge in [0.05, 0.1) is 6.54 Å². The van der Waals surface area contributed by atoms with Gasteiger partial charge in [-0.3, -0.25) is 9.78 Å². The minimum absolute atomic E-state index is 0.207. The number of carbonyl (C=O) groups is 1. The first-order valence-corrected chi connectivity index (χ1v) is 11.3. The highest BCUT2D eigenvalue weighted by Crippen LogP contribution is 2.22. The molecule has 0 aliphatic carbocycles. The van der Waals surface area contributed by atoms with Crippen LogP contribution in [0.25, 0.3) is 0 Å². The third kappa shape index (κ3) is 5.97. The Balaban J connectivity index is 1.50. The van der Waals surface area contributed by atoms with Crippen LogP contribution in [0.5, 0.6) is 0 Å². The molecule has 0 aliphatic heterocycles. The van der Waals surface area contributed by atoms with Gasteiger partial charge in [0.1, 0.15) is 11.6 Å². The van der Waals surface area contributed by atoms with E-state index in [2.05, 4.69) is 20.9 Å². The van der Waals surface area contributed by atoms with E-state index >= 15 is 0 Å². The van der Waals surface area contributed by atoms with Crippen LogP contribution < -0.4 is 9.80 Å². The number of pyridine rings is 2. The number of anilines is 2. The van der Waals surface area contributed by atoms with Crippen LogP contribution in [0.1, 0.15) is 21.5 Å². The Morgan fingerprint density at radius 3 is 2.35 bits per heavy atom. The molecule has 0 fully saturated rings. The van der Waals surface area contributed by atoms with Crippen LogP contribution >= 0.6 is 11.6 Å². The third-order valence-corrected chi connectivity index (χ3v) is 5.73. The maximum atomic E-state index is 13.5. The first-order chi connectivity index (χ1) is 16.5. The molecule has 7 heteroatoms. The molecule has 2 aromatic carbocycles. The van der Waals surface area contributed by atoms with Gasteiger partial charge in [-0.05, 0) is 78.2 Å². The summed E-state index contributed by atoms with van der Waals surface area (Å²) in [7, 11) is 1.99. The zero-order chi connectivity index (χ0) is 23.9. The lowest BCUT2D eigenvalue weighted by Gasteiger charge is -2.24. The second-order valence-electron chi connectivity index (χ2n) is 7.93. The monoisotopic (exact) mass is 474 g/mol. The predicted octanol–water partition coefficient (Wildman–Crippen LogP) is 5.80. The van der Waals surface area contributed by atoms with Crippen molar-refractivity contribution >= 4 is 29.0 Å². The first kappa shape index (κ1) is 23.4. The van der Waals surface area contributed by atoms with Crippen LogP contribution in [0.15, 0.2) is 91.4 Å². The summed E-state index contributed by atoms with van der Waals surface area (Å²) in [5.74, 6) is 0.272. The van der Waals surface area contributed by atoms with E-state index in [1.165, 1.54) is 17.7 Å². The van der Waals surface area contributed by atoms with E-state index in [-0.39, 0.29) is 11.7 Å². The van der Waals surface area contributed by atoms with Crippen LogP contribution in [-0.4, -0.2) is 29.5 Å². The van der Waals surface area contributed by atoms with Gasteiger partial charge in [0.15, 0.2) is 0 Å². The lowest BCUT2D eigenvalue weighted by atomic mass is 10.1. The quantitative estimate of drug-likeness (QED) is 0.324. The molecule has 2 heterocycles. The fourth-order valence-corrected chi connectivity index (χ4v) is 3.65. The van der Waals surface area contributed by atoms with Crippen molar-refractivity contribution in [3.8, 4) is 0 Å². The SMILES string of the molecule is CN(CCc1cccnc1)c1ccc(CN(C(=O)c2ccc(Cl)cc2)c2ccc(F)cc2)cn1. The van der Waals surface area contributed by atoms with Crippen molar-refractivity contribution in [1.82, 2.24) is 9.97 Å². The predicted molar refractivity (Wildman–Crippen MR) is 134 cm³/mol. The van der Waals surface area contributed by atoms with Gasteiger partial charge in [0.2, 0.25) is 0 Å². The van der Waals surface area contributed by atoms with Crippen molar-refractivity contribution in [3.63, 3.8) is 0 Å². The molecular weight excluding hydrogens is 451 g/mol. The van der Waals surface area contributed by atoms with E-state index in [1.54, 1.807) is 53.7 Å². The molecule has 0 bridgehead atoms. The summed E-state index contributed by atoms with van der Waals surface area (Å²) in [5, 5.41) is 0.553. The van der Waals surface area contributed by atoms with E-state index < -0.39 is 0 Å². The Kier molecular flexibility index (Phi) is 7.50. The summed E-state index contributed by atoms with van der Waals surface area (Å²) in [4.78, 5) is 25.7. The number of carbonyl (C=O) groups excluding carboxylic acids is 1. The molecule has 34 heavy (non-hydrogen) atoms. The van der Waals surface area contributed by atoms with Crippen LogP contribution in [0.2, 0.25) is 5.02 Å². The number of benzene rings is 2. The topological polar surface area (TPSA) is 49.3 Å². The van der Waals surface area contributed by atoms with Gasteiger partial charge in [0.25, 0.3) is 5.91 Å². The number of aromatic nitrogens is 2.